The molecule has 0 aromatic heterocycles. The quantitative estimate of drug-likeness (QED) is 0.743. The van der Waals surface area contributed by atoms with Crippen LogP contribution in [0, 0.1) is 6.92 Å². The Morgan fingerprint density at radius 2 is 2.00 bits per heavy atom. The van der Waals surface area contributed by atoms with E-state index in [1.165, 1.54) is 0 Å². The molecular weight excluding hydrogens is 231 g/mol. The molecule has 5 heteroatoms. The van der Waals surface area contributed by atoms with E-state index in [1.807, 2.05) is 6.92 Å². The molecule has 0 bridgehead atoms. The van der Waals surface area contributed by atoms with Gasteiger partial charge in [0.05, 0.1) is 5.75 Å². The summed E-state index contributed by atoms with van der Waals surface area (Å²) in [6, 6.07) is 5.17. The Balaban J connectivity index is 3.04. The monoisotopic (exact) mass is 238 g/mol. The highest BCUT2D eigenvalue weighted by Gasteiger charge is 2.09. The summed E-state index contributed by atoms with van der Waals surface area (Å²) >= 11 is 5.81. The molecule has 0 aliphatic heterocycles. The molecule has 1 aromatic carbocycles. The molecule has 0 amide bonds. The van der Waals surface area contributed by atoms with Gasteiger partial charge in [-0.05, 0) is 24.1 Å². The molecule has 0 saturated heterocycles. The molecule has 0 saturated carbocycles. The number of halogens is 2. The lowest BCUT2D eigenvalue weighted by Crippen LogP contribution is -1.95. The first kappa shape index (κ1) is 10.8. The van der Waals surface area contributed by atoms with Gasteiger partial charge in [0.1, 0.15) is 0 Å². The predicted molar refractivity (Wildman–Crippen MR) is 54.7 cm³/mol. The van der Waals surface area contributed by atoms with Gasteiger partial charge in [-0.15, -0.1) is 0 Å². The van der Waals surface area contributed by atoms with Crippen LogP contribution in [-0.2, 0) is 14.8 Å². The zero-order chi connectivity index (χ0) is 10.1. The zero-order valence-electron chi connectivity index (χ0n) is 6.92. The highest BCUT2D eigenvalue weighted by Crippen LogP contribution is 2.20. The number of aryl methyl sites for hydroxylation is 1. The van der Waals surface area contributed by atoms with E-state index in [4.69, 9.17) is 22.3 Å². The van der Waals surface area contributed by atoms with Crippen molar-refractivity contribution in [1.82, 2.24) is 0 Å². The fraction of sp³-hybridized carbons (Fsp3) is 0.250. The maximum absolute atomic E-state index is 10.7. The molecule has 2 nitrogen and oxygen atoms in total. The van der Waals surface area contributed by atoms with Crippen molar-refractivity contribution >= 4 is 31.3 Å². The Morgan fingerprint density at radius 3 is 2.46 bits per heavy atom. The number of rotatable bonds is 2. The van der Waals surface area contributed by atoms with Crippen molar-refractivity contribution in [3.05, 3.63) is 34.3 Å². The lowest BCUT2D eigenvalue weighted by molar-refractivity contribution is 0.609. The molecule has 0 unspecified atom stereocenters. The Kier molecular flexibility index (Phi) is 3.22. The van der Waals surface area contributed by atoms with Crippen LogP contribution >= 0.6 is 22.3 Å². The molecule has 0 fully saturated rings. The first-order valence-electron chi connectivity index (χ1n) is 3.56. The first-order valence-corrected chi connectivity index (χ1v) is 6.41. The molecule has 0 spiro atoms. The minimum absolute atomic E-state index is 0.229. The fourth-order valence-electron chi connectivity index (χ4n) is 0.955. The smallest absolute Gasteiger partial charge is 0.212 e. The van der Waals surface area contributed by atoms with Crippen LogP contribution in [-0.4, -0.2) is 8.42 Å². The Labute approximate surface area is 86.9 Å². The highest BCUT2D eigenvalue weighted by atomic mass is 35.7. The summed E-state index contributed by atoms with van der Waals surface area (Å²) in [6.45, 7) is 1.88. The summed E-state index contributed by atoms with van der Waals surface area (Å²) < 4.78 is 21.5. The van der Waals surface area contributed by atoms with Gasteiger partial charge < -0.3 is 0 Å². The van der Waals surface area contributed by atoms with Crippen LogP contribution in [0.1, 0.15) is 11.1 Å². The third-order valence-corrected chi connectivity index (χ3v) is 2.87. The minimum atomic E-state index is -3.52. The SMILES string of the molecule is Cc1ccc(CS(=O)(=O)Cl)c(Cl)c1. The van der Waals surface area contributed by atoms with Gasteiger partial charge >= 0.3 is 0 Å². The number of hydrogen-bond acceptors (Lipinski definition) is 2. The van der Waals surface area contributed by atoms with Gasteiger partial charge in [-0.25, -0.2) is 8.42 Å². The van der Waals surface area contributed by atoms with Crippen LogP contribution in [0.2, 0.25) is 5.02 Å². The van der Waals surface area contributed by atoms with Crippen LogP contribution in [0.4, 0.5) is 0 Å². The van der Waals surface area contributed by atoms with Gasteiger partial charge in [-0.3, -0.25) is 0 Å². The second-order valence-electron chi connectivity index (χ2n) is 2.78. The Morgan fingerprint density at radius 1 is 1.38 bits per heavy atom. The van der Waals surface area contributed by atoms with Crippen molar-refractivity contribution in [3.63, 3.8) is 0 Å². The van der Waals surface area contributed by atoms with Crippen LogP contribution in [0.25, 0.3) is 0 Å². The normalized spacial score (nSPS) is 11.6. The molecule has 0 aliphatic carbocycles. The van der Waals surface area contributed by atoms with Crippen molar-refractivity contribution < 1.29 is 8.42 Å². The summed E-state index contributed by atoms with van der Waals surface area (Å²) in [5.74, 6) is -0.229. The van der Waals surface area contributed by atoms with E-state index in [0.29, 0.717) is 10.6 Å². The number of hydrogen-bond donors (Lipinski definition) is 0. The van der Waals surface area contributed by atoms with Crippen molar-refractivity contribution in [1.29, 1.82) is 0 Å². The van der Waals surface area contributed by atoms with E-state index in [-0.39, 0.29) is 5.75 Å². The maximum atomic E-state index is 10.7. The standard InChI is InChI=1S/C8H8Cl2O2S/c1-6-2-3-7(8(9)4-6)5-13(10,11)12/h2-4H,5H2,1H3. The summed E-state index contributed by atoms with van der Waals surface area (Å²) in [4.78, 5) is 0. The van der Waals surface area contributed by atoms with Gasteiger partial charge in [0, 0.05) is 15.7 Å². The summed E-state index contributed by atoms with van der Waals surface area (Å²) in [7, 11) is 1.57. The third kappa shape index (κ3) is 3.55. The fourth-order valence-corrected chi connectivity index (χ4v) is 2.31. The summed E-state index contributed by atoms with van der Waals surface area (Å²) in [5.41, 5.74) is 1.52. The van der Waals surface area contributed by atoms with E-state index in [2.05, 4.69) is 0 Å². The molecule has 0 radical (unpaired) electrons. The molecule has 0 aliphatic rings. The molecule has 1 aromatic rings. The van der Waals surface area contributed by atoms with Crippen LogP contribution in [0.15, 0.2) is 18.2 Å². The topological polar surface area (TPSA) is 34.1 Å². The van der Waals surface area contributed by atoms with Gasteiger partial charge in [0.2, 0.25) is 9.05 Å². The molecular formula is C8H8Cl2O2S. The first-order chi connectivity index (χ1) is 5.88. The van der Waals surface area contributed by atoms with Crippen molar-refractivity contribution in [2.24, 2.45) is 0 Å². The van der Waals surface area contributed by atoms with E-state index in [9.17, 15) is 8.42 Å². The lowest BCUT2D eigenvalue weighted by Gasteiger charge is -2.02. The Hall–Kier alpha value is -0.250. The van der Waals surface area contributed by atoms with Crippen molar-refractivity contribution in [2.45, 2.75) is 12.7 Å². The lowest BCUT2D eigenvalue weighted by atomic mass is 10.2. The van der Waals surface area contributed by atoms with E-state index >= 15 is 0 Å². The Bertz CT molecular complexity index is 412. The third-order valence-electron chi connectivity index (χ3n) is 1.54. The average molecular weight is 239 g/mol. The summed E-state index contributed by atoms with van der Waals surface area (Å²) in [6.07, 6.45) is 0. The van der Waals surface area contributed by atoms with Gasteiger partial charge in [0.25, 0.3) is 0 Å². The molecule has 0 N–H and O–H groups in total. The average Bonchev–Trinajstić information content (AvgIpc) is 1.93. The highest BCUT2D eigenvalue weighted by molar-refractivity contribution is 8.13. The van der Waals surface area contributed by atoms with Crippen LogP contribution < -0.4 is 0 Å². The molecule has 13 heavy (non-hydrogen) atoms. The van der Waals surface area contributed by atoms with E-state index in [1.54, 1.807) is 18.2 Å². The minimum Gasteiger partial charge on any atom is -0.212 e. The molecule has 1 rings (SSSR count). The summed E-state index contributed by atoms with van der Waals surface area (Å²) in [5, 5.41) is 0.434. The molecule has 0 atom stereocenters. The second-order valence-corrected chi connectivity index (χ2v) is 5.96. The number of benzene rings is 1. The van der Waals surface area contributed by atoms with Crippen LogP contribution in [0.3, 0.4) is 0 Å². The second kappa shape index (κ2) is 3.86. The van der Waals surface area contributed by atoms with E-state index in [0.717, 1.165) is 5.56 Å². The zero-order valence-corrected chi connectivity index (χ0v) is 9.25. The predicted octanol–water partition coefficient (Wildman–Crippen LogP) is 2.72. The van der Waals surface area contributed by atoms with E-state index < -0.39 is 9.05 Å². The molecule has 72 valence electrons. The maximum Gasteiger partial charge on any atom is 0.236 e. The largest absolute Gasteiger partial charge is 0.236 e. The van der Waals surface area contributed by atoms with Crippen molar-refractivity contribution in [3.8, 4) is 0 Å². The van der Waals surface area contributed by atoms with Gasteiger partial charge in [-0.1, -0.05) is 23.7 Å². The van der Waals surface area contributed by atoms with Gasteiger partial charge in [0.15, 0.2) is 0 Å². The van der Waals surface area contributed by atoms with Crippen LogP contribution in [0.5, 0.6) is 0 Å². The molecule has 0 heterocycles. The van der Waals surface area contributed by atoms with Gasteiger partial charge in [-0.2, -0.15) is 0 Å². The van der Waals surface area contributed by atoms with Crippen molar-refractivity contribution in [2.75, 3.05) is 0 Å².